The van der Waals surface area contributed by atoms with Gasteiger partial charge in [0.15, 0.2) is 0 Å². The first-order valence-corrected chi connectivity index (χ1v) is 8.84. The van der Waals surface area contributed by atoms with Crippen molar-refractivity contribution in [1.82, 2.24) is 5.32 Å². The number of benzene rings is 2. The molecule has 1 saturated carbocycles. The Morgan fingerprint density at radius 2 is 1.74 bits per heavy atom. The molecule has 120 valence electrons. The lowest BCUT2D eigenvalue weighted by atomic mass is 10.1. The minimum absolute atomic E-state index is 0.111. The van der Waals surface area contributed by atoms with Gasteiger partial charge in [-0.05, 0) is 42.7 Å². The van der Waals surface area contributed by atoms with Crippen LogP contribution in [0, 0.1) is 5.82 Å². The largest absolute Gasteiger partial charge is 0.352 e. The fourth-order valence-corrected chi connectivity index (χ4v) is 3.86. The van der Waals surface area contributed by atoms with Crippen LogP contribution in [0.5, 0.6) is 0 Å². The molecule has 0 radical (unpaired) electrons. The van der Waals surface area contributed by atoms with Gasteiger partial charge in [0.2, 0.25) is 5.91 Å². The van der Waals surface area contributed by atoms with Crippen LogP contribution < -0.4 is 5.32 Å². The molecule has 1 atom stereocenters. The molecule has 1 aliphatic rings. The second-order valence-corrected chi connectivity index (χ2v) is 7.31. The Hall–Kier alpha value is -1.23. The molecular formula is C17H14Cl2FNOS. The Balaban J connectivity index is 1.90. The van der Waals surface area contributed by atoms with Crippen LogP contribution in [0.4, 0.5) is 4.39 Å². The smallest absolute Gasteiger partial charge is 0.238 e. The quantitative estimate of drug-likeness (QED) is 0.729. The van der Waals surface area contributed by atoms with Crippen molar-refractivity contribution in [1.29, 1.82) is 0 Å². The van der Waals surface area contributed by atoms with E-state index in [1.54, 1.807) is 30.3 Å². The number of hydrogen-bond donors (Lipinski definition) is 1. The monoisotopic (exact) mass is 369 g/mol. The number of carbonyl (C=O) groups excluding carboxylic acids is 1. The average molecular weight is 370 g/mol. The summed E-state index contributed by atoms with van der Waals surface area (Å²) in [7, 11) is 0. The molecule has 0 saturated heterocycles. The van der Waals surface area contributed by atoms with Gasteiger partial charge in [0.25, 0.3) is 0 Å². The number of halogens is 3. The number of amides is 1. The molecule has 2 aromatic carbocycles. The van der Waals surface area contributed by atoms with Crippen molar-refractivity contribution in [2.75, 3.05) is 0 Å². The number of carbonyl (C=O) groups is 1. The number of thioether (sulfide) groups is 1. The van der Waals surface area contributed by atoms with Crippen LogP contribution >= 0.6 is 35.0 Å². The van der Waals surface area contributed by atoms with Crippen molar-refractivity contribution in [3.8, 4) is 0 Å². The molecule has 2 nitrogen and oxygen atoms in total. The average Bonchev–Trinajstić information content (AvgIpc) is 3.32. The third-order valence-corrected chi connectivity index (χ3v) is 5.74. The first-order chi connectivity index (χ1) is 11.0. The van der Waals surface area contributed by atoms with E-state index >= 15 is 0 Å². The summed E-state index contributed by atoms with van der Waals surface area (Å²) in [6.07, 6.45) is 2.00. The summed E-state index contributed by atoms with van der Waals surface area (Å²) in [4.78, 5) is 13.2. The molecule has 3 rings (SSSR count). The molecule has 1 amide bonds. The standard InChI is InChI=1S/C17H14Cl2FNOS/c18-13-2-1-3-14(19)16(13)23-15(17(22)21-12-8-9-12)10-4-6-11(20)7-5-10/h1-7,12,15H,8-9H2,(H,21,22). The lowest BCUT2D eigenvalue weighted by molar-refractivity contribution is -0.120. The third kappa shape index (κ3) is 4.19. The summed E-state index contributed by atoms with van der Waals surface area (Å²) in [6.45, 7) is 0. The van der Waals surface area contributed by atoms with Gasteiger partial charge in [-0.2, -0.15) is 0 Å². The highest BCUT2D eigenvalue weighted by molar-refractivity contribution is 8.00. The molecule has 6 heteroatoms. The lowest BCUT2D eigenvalue weighted by Gasteiger charge is -2.18. The molecule has 0 bridgehead atoms. The van der Waals surface area contributed by atoms with Crippen LogP contribution in [0.2, 0.25) is 10.0 Å². The van der Waals surface area contributed by atoms with Crippen molar-refractivity contribution >= 4 is 40.9 Å². The van der Waals surface area contributed by atoms with E-state index in [9.17, 15) is 9.18 Å². The normalized spacial score (nSPS) is 15.3. The molecule has 0 aromatic heterocycles. The fourth-order valence-electron chi connectivity index (χ4n) is 2.13. The zero-order valence-corrected chi connectivity index (χ0v) is 14.4. The molecule has 1 aliphatic carbocycles. The molecule has 1 N–H and O–H groups in total. The van der Waals surface area contributed by atoms with E-state index in [0.717, 1.165) is 12.8 Å². The van der Waals surface area contributed by atoms with Crippen LogP contribution in [0.15, 0.2) is 47.4 Å². The van der Waals surface area contributed by atoms with Crippen molar-refractivity contribution in [2.45, 2.75) is 29.0 Å². The predicted octanol–water partition coefficient (Wildman–Crippen LogP) is 5.24. The summed E-state index contributed by atoms with van der Waals surface area (Å²) in [5.41, 5.74) is 0.713. The van der Waals surface area contributed by atoms with E-state index in [4.69, 9.17) is 23.2 Å². The number of nitrogens with one attached hydrogen (secondary N) is 1. The van der Waals surface area contributed by atoms with Crippen LogP contribution in [0.3, 0.4) is 0 Å². The Morgan fingerprint density at radius 3 is 2.30 bits per heavy atom. The highest BCUT2D eigenvalue weighted by Crippen LogP contribution is 2.43. The second kappa shape index (κ2) is 7.12. The maximum atomic E-state index is 13.2. The fraction of sp³-hybridized carbons (Fsp3) is 0.235. The highest BCUT2D eigenvalue weighted by atomic mass is 35.5. The van der Waals surface area contributed by atoms with E-state index < -0.39 is 5.25 Å². The van der Waals surface area contributed by atoms with Gasteiger partial charge in [-0.25, -0.2) is 4.39 Å². The predicted molar refractivity (Wildman–Crippen MR) is 92.6 cm³/mol. The maximum absolute atomic E-state index is 13.2. The topological polar surface area (TPSA) is 29.1 Å². The van der Waals surface area contributed by atoms with Gasteiger partial charge in [-0.3, -0.25) is 4.79 Å². The van der Waals surface area contributed by atoms with Crippen LogP contribution in [-0.2, 0) is 4.79 Å². The van der Waals surface area contributed by atoms with Crippen LogP contribution in [0.25, 0.3) is 0 Å². The van der Waals surface area contributed by atoms with Gasteiger partial charge < -0.3 is 5.32 Å². The van der Waals surface area contributed by atoms with Gasteiger partial charge in [0, 0.05) is 10.9 Å². The van der Waals surface area contributed by atoms with E-state index in [1.807, 2.05) is 0 Å². The number of hydrogen-bond acceptors (Lipinski definition) is 2. The summed E-state index contributed by atoms with van der Waals surface area (Å²) in [5.74, 6) is -0.448. The molecular weight excluding hydrogens is 356 g/mol. The SMILES string of the molecule is O=C(NC1CC1)C(Sc1c(Cl)cccc1Cl)c1ccc(F)cc1. The first kappa shape index (κ1) is 16.6. The van der Waals surface area contributed by atoms with Crippen LogP contribution in [-0.4, -0.2) is 11.9 Å². The van der Waals surface area contributed by atoms with Crippen LogP contribution in [0.1, 0.15) is 23.7 Å². The molecule has 1 unspecified atom stereocenters. The molecule has 2 aromatic rings. The minimum Gasteiger partial charge on any atom is -0.352 e. The highest BCUT2D eigenvalue weighted by Gasteiger charge is 2.30. The molecule has 0 aliphatic heterocycles. The van der Waals surface area contributed by atoms with Gasteiger partial charge in [-0.1, -0.05) is 41.4 Å². The molecule has 23 heavy (non-hydrogen) atoms. The minimum atomic E-state index is -0.534. The maximum Gasteiger partial charge on any atom is 0.238 e. The van der Waals surface area contributed by atoms with Crippen molar-refractivity contribution in [2.24, 2.45) is 0 Å². The van der Waals surface area contributed by atoms with Gasteiger partial charge in [-0.15, -0.1) is 11.8 Å². The van der Waals surface area contributed by atoms with Gasteiger partial charge in [0.05, 0.1) is 10.0 Å². The Kier molecular flexibility index (Phi) is 5.14. The molecule has 0 spiro atoms. The Bertz CT molecular complexity index is 699. The third-order valence-electron chi connectivity index (χ3n) is 3.49. The summed E-state index contributed by atoms with van der Waals surface area (Å²) < 4.78 is 13.2. The zero-order chi connectivity index (χ0) is 16.4. The van der Waals surface area contributed by atoms with Crippen molar-refractivity contribution < 1.29 is 9.18 Å². The van der Waals surface area contributed by atoms with Gasteiger partial charge >= 0.3 is 0 Å². The molecule has 0 heterocycles. The van der Waals surface area contributed by atoms with E-state index in [0.29, 0.717) is 20.5 Å². The molecule has 1 fully saturated rings. The first-order valence-electron chi connectivity index (χ1n) is 7.21. The van der Waals surface area contributed by atoms with E-state index in [2.05, 4.69) is 5.32 Å². The Labute approximate surface area is 148 Å². The second-order valence-electron chi connectivity index (χ2n) is 5.38. The van der Waals surface area contributed by atoms with Gasteiger partial charge in [0.1, 0.15) is 11.1 Å². The summed E-state index contributed by atoms with van der Waals surface area (Å²) in [6, 6.07) is 11.4. The summed E-state index contributed by atoms with van der Waals surface area (Å²) >= 11 is 13.7. The Morgan fingerprint density at radius 1 is 1.13 bits per heavy atom. The van der Waals surface area contributed by atoms with E-state index in [1.165, 1.54) is 23.9 Å². The van der Waals surface area contributed by atoms with Crippen molar-refractivity contribution in [3.05, 3.63) is 63.9 Å². The van der Waals surface area contributed by atoms with E-state index in [-0.39, 0.29) is 17.8 Å². The lowest BCUT2D eigenvalue weighted by Crippen LogP contribution is -2.29. The van der Waals surface area contributed by atoms with Crippen molar-refractivity contribution in [3.63, 3.8) is 0 Å². The summed E-state index contributed by atoms with van der Waals surface area (Å²) in [5, 5.41) is 3.44. The zero-order valence-electron chi connectivity index (χ0n) is 12.1. The number of rotatable bonds is 5.